The molecule has 0 amide bonds. The summed E-state index contributed by atoms with van der Waals surface area (Å²) in [7, 11) is -3.20. The Balaban J connectivity index is 2.92. The fraction of sp³-hybridized carbons (Fsp3) is 0.538. The first-order chi connectivity index (χ1) is 7.73. The minimum Gasteiger partial charge on any atom is -0.391 e. The van der Waals surface area contributed by atoms with Crippen LogP contribution in [0.1, 0.15) is 23.6 Å². The minimum atomic E-state index is -3.20. The zero-order chi connectivity index (χ0) is 13.2. The second kappa shape index (κ2) is 5.19. The third kappa shape index (κ3) is 3.54. The van der Waals surface area contributed by atoms with E-state index in [1.165, 1.54) is 0 Å². The molecule has 1 aromatic rings. The Hall–Kier alpha value is -0.870. The molecule has 0 aliphatic rings. The molecule has 0 aliphatic carbocycles. The van der Waals surface area contributed by atoms with E-state index in [0.29, 0.717) is 6.42 Å². The van der Waals surface area contributed by atoms with Gasteiger partial charge < -0.3 is 5.11 Å². The van der Waals surface area contributed by atoms with Gasteiger partial charge in [0.05, 0.1) is 11.4 Å². The Morgan fingerprint density at radius 2 is 1.71 bits per heavy atom. The highest BCUT2D eigenvalue weighted by molar-refractivity contribution is 7.91. The molecule has 0 aliphatic heterocycles. The number of rotatable bonds is 4. The number of aliphatic hydroxyl groups excluding tert-OH is 1. The summed E-state index contributed by atoms with van der Waals surface area (Å²) in [5.74, 6) is 0. The monoisotopic (exact) mass is 256 g/mol. The van der Waals surface area contributed by atoms with Crippen molar-refractivity contribution in [3.8, 4) is 0 Å². The van der Waals surface area contributed by atoms with Gasteiger partial charge in [0, 0.05) is 12.7 Å². The quantitative estimate of drug-likeness (QED) is 0.891. The predicted octanol–water partition coefficient (Wildman–Crippen LogP) is 1.64. The lowest BCUT2D eigenvalue weighted by atomic mass is 9.96. The van der Waals surface area contributed by atoms with Crippen LogP contribution in [0.15, 0.2) is 18.2 Å². The molecule has 4 heteroatoms. The molecule has 3 nitrogen and oxygen atoms in total. The molecule has 1 aromatic carbocycles. The molecule has 1 N–H and O–H groups in total. The van der Waals surface area contributed by atoms with Crippen molar-refractivity contribution in [1.82, 2.24) is 0 Å². The van der Waals surface area contributed by atoms with Crippen LogP contribution in [0.4, 0.5) is 0 Å². The number of sulfone groups is 1. The SMILES string of the molecule is Cc1cccc(C)c1CC(O)C(C)S(C)(=O)=O. The summed E-state index contributed by atoms with van der Waals surface area (Å²) in [5, 5.41) is 9.24. The molecule has 0 saturated heterocycles. The molecule has 2 atom stereocenters. The van der Waals surface area contributed by atoms with Gasteiger partial charge in [-0.1, -0.05) is 18.2 Å². The van der Waals surface area contributed by atoms with Crippen molar-refractivity contribution in [2.45, 2.75) is 38.5 Å². The van der Waals surface area contributed by atoms with Gasteiger partial charge in [0.25, 0.3) is 0 Å². The second-order valence-corrected chi connectivity index (χ2v) is 7.08. The molecule has 0 fully saturated rings. The Morgan fingerprint density at radius 3 is 2.12 bits per heavy atom. The van der Waals surface area contributed by atoms with Crippen LogP contribution in [0.5, 0.6) is 0 Å². The van der Waals surface area contributed by atoms with Crippen molar-refractivity contribution >= 4 is 9.84 Å². The van der Waals surface area contributed by atoms with Crippen LogP contribution in [0.25, 0.3) is 0 Å². The van der Waals surface area contributed by atoms with Crippen molar-refractivity contribution in [1.29, 1.82) is 0 Å². The van der Waals surface area contributed by atoms with E-state index < -0.39 is 21.2 Å². The standard InChI is InChI=1S/C13H20O3S/c1-9-6-5-7-10(2)12(9)8-13(14)11(3)17(4,15)16/h5-7,11,13-14H,8H2,1-4H3. The summed E-state index contributed by atoms with van der Waals surface area (Å²) < 4.78 is 22.7. The van der Waals surface area contributed by atoms with E-state index in [1.807, 2.05) is 32.0 Å². The zero-order valence-electron chi connectivity index (χ0n) is 10.8. The van der Waals surface area contributed by atoms with Crippen LogP contribution in [-0.4, -0.2) is 31.1 Å². The van der Waals surface area contributed by atoms with E-state index in [-0.39, 0.29) is 0 Å². The molecule has 0 radical (unpaired) electrons. The number of benzene rings is 1. The first-order valence-electron chi connectivity index (χ1n) is 5.65. The summed E-state index contributed by atoms with van der Waals surface area (Å²) in [6, 6.07) is 5.90. The number of hydrogen-bond donors (Lipinski definition) is 1. The highest BCUT2D eigenvalue weighted by Gasteiger charge is 2.24. The lowest BCUT2D eigenvalue weighted by molar-refractivity contribution is 0.173. The van der Waals surface area contributed by atoms with Crippen LogP contribution in [0.3, 0.4) is 0 Å². The van der Waals surface area contributed by atoms with Gasteiger partial charge in [-0.2, -0.15) is 0 Å². The van der Waals surface area contributed by atoms with E-state index in [9.17, 15) is 13.5 Å². The van der Waals surface area contributed by atoms with Crippen LogP contribution < -0.4 is 0 Å². The first-order valence-corrected chi connectivity index (χ1v) is 7.61. The lowest BCUT2D eigenvalue weighted by Crippen LogP contribution is -2.32. The smallest absolute Gasteiger partial charge is 0.152 e. The Labute approximate surface area is 103 Å². The summed E-state index contributed by atoms with van der Waals surface area (Å²) in [4.78, 5) is 0. The van der Waals surface area contributed by atoms with Crippen molar-refractivity contribution in [2.24, 2.45) is 0 Å². The first kappa shape index (κ1) is 14.2. The number of aryl methyl sites for hydroxylation is 2. The Bertz CT molecular complexity index is 471. The summed E-state index contributed by atoms with van der Waals surface area (Å²) in [6.45, 7) is 5.49. The van der Waals surface area contributed by atoms with Gasteiger partial charge in [0.1, 0.15) is 0 Å². The average molecular weight is 256 g/mol. The average Bonchev–Trinajstić information content (AvgIpc) is 2.21. The number of hydrogen-bond acceptors (Lipinski definition) is 3. The van der Waals surface area contributed by atoms with E-state index in [0.717, 1.165) is 22.9 Å². The summed E-state index contributed by atoms with van der Waals surface area (Å²) in [6.07, 6.45) is 0.683. The molecule has 0 saturated carbocycles. The van der Waals surface area contributed by atoms with Gasteiger partial charge in [-0.25, -0.2) is 8.42 Å². The largest absolute Gasteiger partial charge is 0.391 e. The summed E-state index contributed by atoms with van der Waals surface area (Å²) >= 11 is 0. The van der Waals surface area contributed by atoms with Gasteiger partial charge in [0.15, 0.2) is 9.84 Å². The molecule has 96 valence electrons. The van der Waals surface area contributed by atoms with Crippen LogP contribution in [0.2, 0.25) is 0 Å². The van der Waals surface area contributed by atoms with Crippen LogP contribution >= 0.6 is 0 Å². The Morgan fingerprint density at radius 1 is 1.24 bits per heavy atom. The van der Waals surface area contributed by atoms with Gasteiger partial charge in [-0.05, 0) is 37.5 Å². The maximum Gasteiger partial charge on any atom is 0.152 e. The fourth-order valence-corrected chi connectivity index (χ4v) is 2.50. The second-order valence-electron chi connectivity index (χ2n) is 4.68. The normalized spacial score (nSPS) is 15.6. The molecule has 0 aromatic heterocycles. The van der Waals surface area contributed by atoms with Crippen molar-refractivity contribution in [3.63, 3.8) is 0 Å². The van der Waals surface area contributed by atoms with Crippen molar-refractivity contribution in [2.75, 3.05) is 6.26 Å². The van der Waals surface area contributed by atoms with Gasteiger partial charge in [-0.3, -0.25) is 0 Å². The Kier molecular flexibility index (Phi) is 4.33. The molecule has 1 rings (SSSR count). The summed E-state index contributed by atoms with van der Waals surface area (Å²) in [5.41, 5.74) is 3.21. The minimum absolute atomic E-state index is 0.382. The maximum absolute atomic E-state index is 11.4. The highest BCUT2D eigenvalue weighted by atomic mass is 32.2. The van der Waals surface area contributed by atoms with E-state index >= 15 is 0 Å². The molecule has 0 spiro atoms. The zero-order valence-corrected chi connectivity index (χ0v) is 11.6. The van der Waals surface area contributed by atoms with E-state index in [1.54, 1.807) is 6.92 Å². The fourth-order valence-electron chi connectivity index (χ4n) is 1.83. The molecular formula is C13H20O3S. The number of aliphatic hydroxyl groups is 1. The van der Waals surface area contributed by atoms with Gasteiger partial charge in [-0.15, -0.1) is 0 Å². The lowest BCUT2D eigenvalue weighted by Gasteiger charge is -2.19. The third-order valence-electron chi connectivity index (χ3n) is 3.27. The van der Waals surface area contributed by atoms with E-state index in [4.69, 9.17) is 0 Å². The third-order valence-corrected chi connectivity index (χ3v) is 4.94. The predicted molar refractivity (Wildman–Crippen MR) is 69.9 cm³/mol. The van der Waals surface area contributed by atoms with Crippen molar-refractivity contribution < 1.29 is 13.5 Å². The molecular weight excluding hydrogens is 236 g/mol. The van der Waals surface area contributed by atoms with E-state index in [2.05, 4.69) is 0 Å². The van der Waals surface area contributed by atoms with Gasteiger partial charge in [0.2, 0.25) is 0 Å². The van der Waals surface area contributed by atoms with Crippen LogP contribution in [0, 0.1) is 13.8 Å². The molecule has 17 heavy (non-hydrogen) atoms. The molecule has 0 bridgehead atoms. The topological polar surface area (TPSA) is 54.4 Å². The highest BCUT2D eigenvalue weighted by Crippen LogP contribution is 2.18. The van der Waals surface area contributed by atoms with Gasteiger partial charge >= 0.3 is 0 Å². The maximum atomic E-state index is 11.4. The molecule has 2 unspecified atom stereocenters. The van der Waals surface area contributed by atoms with Crippen molar-refractivity contribution in [3.05, 3.63) is 34.9 Å². The van der Waals surface area contributed by atoms with Crippen LogP contribution in [-0.2, 0) is 16.3 Å². The molecule has 0 heterocycles.